The van der Waals surface area contributed by atoms with Crippen molar-refractivity contribution in [2.24, 2.45) is 0 Å². The van der Waals surface area contributed by atoms with Crippen molar-refractivity contribution in [3.63, 3.8) is 0 Å². The molecule has 0 spiro atoms. The van der Waals surface area contributed by atoms with Crippen molar-refractivity contribution in [1.82, 2.24) is 13.9 Å². The van der Waals surface area contributed by atoms with Gasteiger partial charge in [-0.1, -0.05) is 0 Å². The van der Waals surface area contributed by atoms with E-state index in [2.05, 4.69) is 5.32 Å². The van der Waals surface area contributed by atoms with Crippen molar-refractivity contribution in [3.8, 4) is 0 Å². The summed E-state index contributed by atoms with van der Waals surface area (Å²) in [5.74, 6) is 0. The largest absolute Gasteiger partial charge is 0.383 e. The fraction of sp³-hybridized carbons (Fsp3) is 1.00. The second-order valence-electron chi connectivity index (χ2n) is 5.26. The molecule has 1 fully saturated rings. The molecule has 1 aliphatic rings. The lowest BCUT2D eigenvalue weighted by molar-refractivity contribution is 0.172. The van der Waals surface area contributed by atoms with Crippen molar-refractivity contribution in [2.45, 2.75) is 38.8 Å². The Labute approximate surface area is 117 Å². The highest BCUT2D eigenvalue weighted by Gasteiger charge is 2.31. The van der Waals surface area contributed by atoms with E-state index in [1.807, 2.05) is 13.8 Å². The van der Waals surface area contributed by atoms with Crippen LogP contribution in [0.3, 0.4) is 0 Å². The van der Waals surface area contributed by atoms with Crippen LogP contribution in [0, 0.1) is 0 Å². The normalized spacial score (nSPS) is 20.9. The fourth-order valence-corrected chi connectivity index (χ4v) is 3.67. The van der Waals surface area contributed by atoms with Crippen LogP contribution in [-0.2, 0) is 14.9 Å². The molecule has 0 aromatic heterocycles. The van der Waals surface area contributed by atoms with Crippen LogP contribution in [0.2, 0.25) is 0 Å². The predicted molar refractivity (Wildman–Crippen MR) is 76.3 cm³/mol. The molecule has 0 amide bonds. The lowest BCUT2D eigenvalue weighted by Crippen LogP contribution is -2.49. The molecule has 6 nitrogen and oxygen atoms in total. The van der Waals surface area contributed by atoms with Gasteiger partial charge >= 0.3 is 0 Å². The highest BCUT2D eigenvalue weighted by Crippen LogP contribution is 2.14. The first-order valence-electron chi connectivity index (χ1n) is 6.85. The molecular formula is C12H27N3O3S. The molecule has 1 saturated heterocycles. The molecule has 1 atom stereocenters. The Morgan fingerprint density at radius 3 is 2.58 bits per heavy atom. The Hall–Kier alpha value is -0.210. The molecule has 0 aliphatic carbocycles. The third-order valence-corrected chi connectivity index (χ3v) is 5.68. The standard InChI is InChI=1S/C12H27N3O3S/c1-11(2)14(3)19(16,17)15(8-9-18-4)10-12-6-5-7-13-12/h11-13H,5-10H2,1-4H3. The minimum atomic E-state index is -3.41. The lowest BCUT2D eigenvalue weighted by Gasteiger charge is -2.31. The van der Waals surface area contributed by atoms with Crippen LogP contribution in [0.1, 0.15) is 26.7 Å². The first-order valence-corrected chi connectivity index (χ1v) is 8.24. The van der Waals surface area contributed by atoms with Crippen molar-refractivity contribution < 1.29 is 13.2 Å². The summed E-state index contributed by atoms with van der Waals surface area (Å²) in [6, 6.07) is 0.207. The van der Waals surface area contributed by atoms with Crippen LogP contribution in [0.15, 0.2) is 0 Å². The van der Waals surface area contributed by atoms with Crippen molar-refractivity contribution in [3.05, 3.63) is 0 Å². The number of ether oxygens (including phenoxy) is 1. The summed E-state index contributed by atoms with van der Waals surface area (Å²) in [7, 11) is -0.198. The molecule has 1 rings (SSSR count). The number of methoxy groups -OCH3 is 1. The average molecular weight is 293 g/mol. The second kappa shape index (κ2) is 7.54. The smallest absolute Gasteiger partial charge is 0.282 e. The summed E-state index contributed by atoms with van der Waals surface area (Å²) in [6.45, 7) is 6.05. The maximum Gasteiger partial charge on any atom is 0.282 e. The Morgan fingerprint density at radius 1 is 1.42 bits per heavy atom. The van der Waals surface area contributed by atoms with E-state index in [4.69, 9.17) is 4.74 Å². The zero-order valence-electron chi connectivity index (χ0n) is 12.4. The molecule has 0 saturated carbocycles. The molecule has 1 N–H and O–H groups in total. The molecule has 0 aromatic rings. The number of hydrogen-bond acceptors (Lipinski definition) is 4. The number of rotatable bonds is 8. The van der Waals surface area contributed by atoms with Crippen LogP contribution in [0.25, 0.3) is 0 Å². The minimum Gasteiger partial charge on any atom is -0.383 e. The van der Waals surface area contributed by atoms with E-state index in [9.17, 15) is 8.42 Å². The average Bonchev–Trinajstić information content (AvgIpc) is 2.85. The molecule has 0 radical (unpaired) electrons. The fourth-order valence-electron chi connectivity index (χ4n) is 2.10. The summed E-state index contributed by atoms with van der Waals surface area (Å²) in [6.07, 6.45) is 2.15. The van der Waals surface area contributed by atoms with E-state index in [0.29, 0.717) is 19.7 Å². The van der Waals surface area contributed by atoms with Gasteiger partial charge in [0.1, 0.15) is 0 Å². The number of hydrogen-bond donors (Lipinski definition) is 1. The molecule has 114 valence electrons. The Balaban J connectivity index is 2.76. The van der Waals surface area contributed by atoms with Gasteiger partial charge in [0.2, 0.25) is 0 Å². The molecule has 1 aliphatic heterocycles. The molecule has 0 bridgehead atoms. The van der Waals surface area contributed by atoms with E-state index < -0.39 is 10.2 Å². The van der Waals surface area contributed by atoms with Gasteiger partial charge in [0, 0.05) is 39.3 Å². The van der Waals surface area contributed by atoms with Gasteiger partial charge < -0.3 is 10.1 Å². The molecule has 1 heterocycles. The Bertz CT molecular complexity index is 353. The monoisotopic (exact) mass is 293 g/mol. The number of nitrogens with one attached hydrogen (secondary N) is 1. The maximum absolute atomic E-state index is 12.5. The third-order valence-electron chi connectivity index (χ3n) is 3.55. The van der Waals surface area contributed by atoms with Gasteiger partial charge in [0.05, 0.1) is 6.61 Å². The van der Waals surface area contributed by atoms with Gasteiger partial charge in [0.15, 0.2) is 0 Å². The number of nitrogens with zero attached hydrogens (tertiary/aromatic N) is 2. The summed E-state index contributed by atoms with van der Waals surface area (Å²) >= 11 is 0. The van der Waals surface area contributed by atoms with Crippen LogP contribution in [0.5, 0.6) is 0 Å². The maximum atomic E-state index is 12.5. The Kier molecular flexibility index (Phi) is 6.68. The van der Waals surface area contributed by atoms with Crippen molar-refractivity contribution in [1.29, 1.82) is 0 Å². The zero-order valence-corrected chi connectivity index (χ0v) is 13.2. The zero-order chi connectivity index (χ0) is 14.5. The third kappa shape index (κ3) is 4.68. The highest BCUT2D eigenvalue weighted by molar-refractivity contribution is 7.86. The van der Waals surface area contributed by atoms with Gasteiger partial charge in [0.25, 0.3) is 10.2 Å². The van der Waals surface area contributed by atoms with Crippen LogP contribution in [0.4, 0.5) is 0 Å². The topological polar surface area (TPSA) is 61.9 Å². The van der Waals surface area contributed by atoms with E-state index in [-0.39, 0.29) is 12.1 Å². The highest BCUT2D eigenvalue weighted by atomic mass is 32.2. The molecule has 19 heavy (non-hydrogen) atoms. The van der Waals surface area contributed by atoms with Crippen LogP contribution in [-0.4, -0.2) is 69.5 Å². The van der Waals surface area contributed by atoms with Gasteiger partial charge in [-0.2, -0.15) is 17.0 Å². The summed E-state index contributed by atoms with van der Waals surface area (Å²) < 4.78 is 33.0. The second-order valence-corrected chi connectivity index (χ2v) is 7.25. The summed E-state index contributed by atoms with van der Waals surface area (Å²) in [4.78, 5) is 0. The molecule has 1 unspecified atom stereocenters. The van der Waals surface area contributed by atoms with Crippen LogP contribution < -0.4 is 5.32 Å². The first-order chi connectivity index (χ1) is 8.89. The van der Waals surface area contributed by atoms with Crippen molar-refractivity contribution in [2.75, 3.05) is 40.4 Å². The van der Waals surface area contributed by atoms with E-state index in [0.717, 1.165) is 19.4 Å². The molecular weight excluding hydrogens is 266 g/mol. The summed E-state index contributed by atoms with van der Waals surface area (Å²) in [5, 5.41) is 3.34. The van der Waals surface area contributed by atoms with Crippen LogP contribution >= 0.6 is 0 Å². The lowest BCUT2D eigenvalue weighted by atomic mass is 10.2. The molecule has 0 aromatic carbocycles. The van der Waals surface area contributed by atoms with Gasteiger partial charge in [-0.25, -0.2) is 0 Å². The van der Waals surface area contributed by atoms with Gasteiger partial charge in [-0.3, -0.25) is 0 Å². The SMILES string of the molecule is COCCN(CC1CCCN1)S(=O)(=O)N(C)C(C)C. The van der Waals surface area contributed by atoms with Crippen molar-refractivity contribution >= 4 is 10.2 Å². The summed E-state index contributed by atoms with van der Waals surface area (Å²) in [5.41, 5.74) is 0. The van der Waals surface area contributed by atoms with E-state index >= 15 is 0 Å². The van der Waals surface area contributed by atoms with Gasteiger partial charge in [-0.15, -0.1) is 0 Å². The van der Waals surface area contributed by atoms with Gasteiger partial charge in [-0.05, 0) is 33.2 Å². The Morgan fingerprint density at radius 2 is 2.11 bits per heavy atom. The molecule has 7 heteroatoms. The van der Waals surface area contributed by atoms with E-state index in [1.165, 1.54) is 8.61 Å². The first kappa shape index (κ1) is 16.8. The predicted octanol–water partition coefficient (Wildman–Crippen LogP) is 0.272. The quantitative estimate of drug-likeness (QED) is 0.698. The van der Waals surface area contributed by atoms with E-state index in [1.54, 1.807) is 14.2 Å². The minimum absolute atomic E-state index is 0.0495.